The average molecular weight is 430 g/mol. The maximum atomic E-state index is 12.2. The lowest BCUT2D eigenvalue weighted by molar-refractivity contribution is 0.0954. The van der Waals surface area contributed by atoms with E-state index in [9.17, 15) is 4.79 Å². The number of methoxy groups -OCH3 is 1. The summed E-state index contributed by atoms with van der Waals surface area (Å²) in [5.74, 6) is 1.41. The number of carbonyl (C=O) groups is 1. The number of amides is 1. The number of anilines is 1. The number of nitrogens with zero attached hydrogens (tertiary/aromatic N) is 2. The molecule has 1 aliphatic rings. The molecule has 1 fully saturated rings. The van der Waals surface area contributed by atoms with Gasteiger partial charge in [0.2, 0.25) is 0 Å². The molecule has 0 spiro atoms. The number of para-hydroxylation sites is 2. The molecule has 3 rings (SSSR count). The number of ether oxygens (including phenoxy) is 1. The first-order valence-corrected chi connectivity index (χ1v) is 10.4. The Balaban J connectivity index is 1.43. The highest BCUT2D eigenvalue weighted by atomic mass is 35.5. The second-order valence-corrected chi connectivity index (χ2v) is 7.39. The highest BCUT2D eigenvalue weighted by Gasteiger charge is 2.25. The SMILES string of the molecule is CN=C(NCCNC(=O)c1ccccc1Cl)NC1CCN(c2ccccc2OC)C1. The number of benzene rings is 2. The molecule has 1 unspecified atom stereocenters. The zero-order valence-electron chi connectivity index (χ0n) is 17.3. The monoisotopic (exact) mass is 429 g/mol. The Morgan fingerprint density at radius 2 is 1.90 bits per heavy atom. The quantitative estimate of drug-likeness (QED) is 0.358. The number of carbonyl (C=O) groups excluding carboxylic acids is 1. The molecule has 1 aliphatic heterocycles. The van der Waals surface area contributed by atoms with Crippen molar-refractivity contribution in [2.45, 2.75) is 12.5 Å². The Morgan fingerprint density at radius 1 is 1.17 bits per heavy atom. The van der Waals surface area contributed by atoms with Crippen LogP contribution < -0.4 is 25.6 Å². The summed E-state index contributed by atoms with van der Waals surface area (Å²) in [6.45, 7) is 2.83. The van der Waals surface area contributed by atoms with Crippen LogP contribution in [0.2, 0.25) is 5.02 Å². The molecule has 1 atom stereocenters. The molecule has 7 nitrogen and oxygen atoms in total. The summed E-state index contributed by atoms with van der Waals surface area (Å²) in [7, 11) is 3.44. The predicted molar refractivity (Wildman–Crippen MR) is 122 cm³/mol. The lowest BCUT2D eigenvalue weighted by Crippen LogP contribution is -2.46. The van der Waals surface area contributed by atoms with E-state index in [1.54, 1.807) is 38.4 Å². The van der Waals surface area contributed by atoms with Gasteiger partial charge in [-0.2, -0.15) is 0 Å². The molecule has 160 valence electrons. The molecular formula is C22H28ClN5O2. The number of rotatable bonds is 7. The van der Waals surface area contributed by atoms with Gasteiger partial charge in [-0.15, -0.1) is 0 Å². The van der Waals surface area contributed by atoms with Crippen molar-refractivity contribution in [2.24, 2.45) is 4.99 Å². The van der Waals surface area contributed by atoms with Gasteiger partial charge in [-0.05, 0) is 30.7 Å². The molecule has 0 radical (unpaired) electrons. The third-order valence-corrected chi connectivity index (χ3v) is 5.33. The molecule has 30 heavy (non-hydrogen) atoms. The minimum absolute atomic E-state index is 0.186. The van der Waals surface area contributed by atoms with Crippen LogP contribution in [0.25, 0.3) is 0 Å². The second kappa shape index (κ2) is 10.7. The summed E-state index contributed by atoms with van der Waals surface area (Å²) in [6.07, 6.45) is 1.00. The van der Waals surface area contributed by atoms with Crippen LogP contribution in [0.15, 0.2) is 53.5 Å². The fourth-order valence-corrected chi connectivity index (χ4v) is 3.69. The molecule has 0 bridgehead atoms. The summed E-state index contributed by atoms with van der Waals surface area (Å²) in [5.41, 5.74) is 1.58. The Labute approximate surface area is 182 Å². The van der Waals surface area contributed by atoms with Gasteiger partial charge >= 0.3 is 0 Å². The first kappa shape index (κ1) is 21.8. The van der Waals surface area contributed by atoms with Crippen LogP contribution in [0.3, 0.4) is 0 Å². The lowest BCUT2D eigenvalue weighted by atomic mass is 10.2. The molecule has 1 heterocycles. The van der Waals surface area contributed by atoms with E-state index in [4.69, 9.17) is 16.3 Å². The highest BCUT2D eigenvalue weighted by Crippen LogP contribution is 2.30. The van der Waals surface area contributed by atoms with Crippen LogP contribution in [0.4, 0.5) is 5.69 Å². The fraction of sp³-hybridized carbons (Fsp3) is 0.364. The Kier molecular flexibility index (Phi) is 7.79. The maximum Gasteiger partial charge on any atom is 0.252 e. The zero-order valence-corrected chi connectivity index (χ0v) is 18.1. The predicted octanol–water partition coefficient (Wildman–Crippen LogP) is 2.52. The molecule has 0 aromatic heterocycles. The summed E-state index contributed by atoms with van der Waals surface area (Å²) < 4.78 is 5.48. The van der Waals surface area contributed by atoms with Gasteiger partial charge in [0.05, 0.1) is 23.4 Å². The van der Waals surface area contributed by atoms with Gasteiger partial charge in [-0.25, -0.2) is 0 Å². The number of halogens is 1. The van der Waals surface area contributed by atoms with Crippen molar-refractivity contribution in [3.8, 4) is 5.75 Å². The van der Waals surface area contributed by atoms with Gasteiger partial charge in [0, 0.05) is 39.3 Å². The van der Waals surface area contributed by atoms with E-state index in [0.717, 1.165) is 30.9 Å². The fourth-order valence-electron chi connectivity index (χ4n) is 3.47. The molecule has 2 aromatic rings. The number of guanidine groups is 1. The smallest absolute Gasteiger partial charge is 0.252 e. The van der Waals surface area contributed by atoms with Crippen molar-refractivity contribution in [2.75, 3.05) is 45.2 Å². The van der Waals surface area contributed by atoms with Gasteiger partial charge < -0.3 is 25.6 Å². The standard InChI is InChI=1S/C22H28ClN5O2/c1-24-22(26-13-12-25-21(29)17-7-3-4-8-18(17)23)27-16-11-14-28(15-16)19-9-5-6-10-20(19)30-2/h3-10,16H,11-15H2,1-2H3,(H,25,29)(H2,24,26,27). The van der Waals surface area contributed by atoms with E-state index in [2.05, 4.69) is 31.9 Å². The Bertz CT molecular complexity index is 889. The zero-order chi connectivity index (χ0) is 21.3. The van der Waals surface area contributed by atoms with E-state index in [1.807, 2.05) is 18.2 Å². The third kappa shape index (κ3) is 5.57. The van der Waals surface area contributed by atoms with Crippen molar-refractivity contribution in [3.05, 3.63) is 59.1 Å². The van der Waals surface area contributed by atoms with E-state index in [-0.39, 0.29) is 11.9 Å². The molecule has 0 saturated carbocycles. The largest absolute Gasteiger partial charge is 0.495 e. The van der Waals surface area contributed by atoms with Crippen molar-refractivity contribution >= 4 is 29.2 Å². The molecular weight excluding hydrogens is 402 g/mol. The number of nitrogens with one attached hydrogen (secondary N) is 3. The lowest BCUT2D eigenvalue weighted by Gasteiger charge is -2.22. The van der Waals surface area contributed by atoms with Crippen molar-refractivity contribution in [1.29, 1.82) is 0 Å². The number of hydrogen-bond acceptors (Lipinski definition) is 4. The van der Waals surface area contributed by atoms with Crippen LogP contribution in [0.5, 0.6) is 5.75 Å². The first-order valence-electron chi connectivity index (χ1n) is 10.00. The molecule has 2 aromatic carbocycles. The topological polar surface area (TPSA) is 78.0 Å². The molecule has 1 saturated heterocycles. The third-order valence-electron chi connectivity index (χ3n) is 5.00. The molecule has 3 N–H and O–H groups in total. The normalized spacial score (nSPS) is 16.3. The van der Waals surface area contributed by atoms with Crippen molar-refractivity contribution < 1.29 is 9.53 Å². The highest BCUT2D eigenvalue weighted by molar-refractivity contribution is 6.33. The van der Waals surface area contributed by atoms with Gasteiger partial charge in [0.25, 0.3) is 5.91 Å². The van der Waals surface area contributed by atoms with E-state index < -0.39 is 0 Å². The molecule has 0 aliphatic carbocycles. The molecule has 1 amide bonds. The van der Waals surface area contributed by atoms with Crippen LogP contribution >= 0.6 is 11.6 Å². The van der Waals surface area contributed by atoms with Crippen molar-refractivity contribution in [3.63, 3.8) is 0 Å². The minimum Gasteiger partial charge on any atom is -0.495 e. The van der Waals surface area contributed by atoms with E-state index >= 15 is 0 Å². The number of hydrogen-bond donors (Lipinski definition) is 3. The van der Waals surface area contributed by atoms with E-state index in [0.29, 0.717) is 29.6 Å². The van der Waals surface area contributed by atoms with Crippen LogP contribution in [0, 0.1) is 0 Å². The maximum absolute atomic E-state index is 12.2. The van der Waals surface area contributed by atoms with Gasteiger partial charge in [-0.3, -0.25) is 9.79 Å². The summed E-state index contributed by atoms with van der Waals surface area (Å²) in [4.78, 5) is 18.8. The first-order chi connectivity index (χ1) is 14.6. The van der Waals surface area contributed by atoms with Crippen LogP contribution in [-0.2, 0) is 0 Å². The Morgan fingerprint density at radius 3 is 2.67 bits per heavy atom. The molecule has 8 heteroatoms. The average Bonchev–Trinajstić information content (AvgIpc) is 3.24. The summed E-state index contributed by atoms with van der Waals surface area (Å²) in [5, 5.41) is 10.0. The van der Waals surface area contributed by atoms with Crippen LogP contribution in [0.1, 0.15) is 16.8 Å². The number of aliphatic imine (C=N–C) groups is 1. The van der Waals surface area contributed by atoms with Gasteiger partial charge in [0.1, 0.15) is 5.75 Å². The van der Waals surface area contributed by atoms with Gasteiger partial charge in [0.15, 0.2) is 5.96 Å². The second-order valence-electron chi connectivity index (χ2n) is 6.98. The summed E-state index contributed by atoms with van der Waals surface area (Å²) in [6, 6.07) is 15.3. The van der Waals surface area contributed by atoms with Crippen molar-refractivity contribution in [1.82, 2.24) is 16.0 Å². The van der Waals surface area contributed by atoms with Crippen LogP contribution in [-0.4, -0.2) is 58.2 Å². The van der Waals surface area contributed by atoms with E-state index in [1.165, 1.54) is 0 Å². The Hall–Kier alpha value is -2.93. The minimum atomic E-state index is -0.186. The summed E-state index contributed by atoms with van der Waals surface area (Å²) >= 11 is 6.06. The van der Waals surface area contributed by atoms with Gasteiger partial charge in [-0.1, -0.05) is 35.9 Å².